The number of benzene rings is 2. The lowest BCUT2D eigenvalue weighted by molar-refractivity contribution is 0.307. The van der Waals surface area contributed by atoms with Gasteiger partial charge in [-0.1, -0.05) is 42.0 Å². The van der Waals surface area contributed by atoms with Crippen LogP contribution in [0.15, 0.2) is 48.5 Å². The summed E-state index contributed by atoms with van der Waals surface area (Å²) >= 11 is 0. The molecule has 0 aromatic heterocycles. The highest BCUT2D eigenvalue weighted by atomic mass is 16.5. The number of ether oxygens (including phenoxy) is 1. The van der Waals surface area contributed by atoms with E-state index in [9.17, 15) is 0 Å². The number of para-hydroxylation sites is 1. The zero-order valence-electron chi connectivity index (χ0n) is 12.5. The van der Waals surface area contributed by atoms with Gasteiger partial charge in [0.1, 0.15) is 12.4 Å². The van der Waals surface area contributed by atoms with Crippen molar-refractivity contribution in [1.82, 2.24) is 5.32 Å². The van der Waals surface area contributed by atoms with Crippen molar-refractivity contribution in [3.05, 3.63) is 65.2 Å². The number of hydrogen-bond donors (Lipinski definition) is 1. The van der Waals surface area contributed by atoms with Crippen LogP contribution >= 0.6 is 0 Å². The molecule has 1 N–H and O–H groups in total. The molecule has 0 heterocycles. The molecule has 1 atom stereocenters. The van der Waals surface area contributed by atoms with Gasteiger partial charge in [-0.3, -0.25) is 0 Å². The lowest BCUT2D eigenvalue weighted by Gasteiger charge is -2.17. The largest absolute Gasteiger partial charge is 0.492 e. The maximum atomic E-state index is 5.68. The molecule has 0 spiro atoms. The van der Waals surface area contributed by atoms with Crippen molar-refractivity contribution in [3.8, 4) is 5.75 Å². The van der Waals surface area contributed by atoms with Gasteiger partial charge in [0.25, 0.3) is 0 Å². The minimum absolute atomic E-state index is 0.343. The Balaban J connectivity index is 1.79. The molecule has 0 saturated heterocycles. The molecule has 0 amide bonds. The van der Waals surface area contributed by atoms with Crippen LogP contribution in [0.25, 0.3) is 0 Å². The molecular weight excluding hydrogens is 246 g/mol. The molecule has 0 aliphatic carbocycles. The van der Waals surface area contributed by atoms with Crippen molar-refractivity contribution < 1.29 is 4.74 Å². The topological polar surface area (TPSA) is 21.3 Å². The summed E-state index contributed by atoms with van der Waals surface area (Å²) in [6.45, 7) is 8.01. The van der Waals surface area contributed by atoms with Crippen LogP contribution in [0.3, 0.4) is 0 Å². The van der Waals surface area contributed by atoms with Gasteiger partial charge in [-0.25, -0.2) is 0 Å². The Labute approximate surface area is 121 Å². The zero-order valence-corrected chi connectivity index (χ0v) is 12.5. The first kappa shape index (κ1) is 14.6. The predicted octanol–water partition coefficient (Wildman–Crippen LogP) is 4.03. The highest BCUT2D eigenvalue weighted by Crippen LogP contribution is 2.18. The minimum atomic E-state index is 0.343. The quantitative estimate of drug-likeness (QED) is 0.799. The van der Waals surface area contributed by atoms with Gasteiger partial charge < -0.3 is 10.1 Å². The zero-order chi connectivity index (χ0) is 14.4. The Morgan fingerprint density at radius 2 is 1.80 bits per heavy atom. The van der Waals surface area contributed by atoms with Gasteiger partial charge in [-0.15, -0.1) is 0 Å². The monoisotopic (exact) mass is 269 g/mol. The molecule has 2 aromatic carbocycles. The third kappa shape index (κ3) is 4.10. The van der Waals surface area contributed by atoms with Crippen LogP contribution in [0.5, 0.6) is 5.75 Å². The van der Waals surface area contributed by atoms with E-state index in [4.69, 9.17) is 4.74 Å². The van der Waals surface area contributed by atoms with Gasteiger partial charge in [0.2, 0.25) is 0 Å². The molecule has 0 aliphatic heterocycles. The fourth-order valence-corrected chi connectivity index (χ4v) is 2.38. The Bertz CT molecular complexity index is 536. The summed E-state index contributed by atoms with van der Waals surface area (Å²) in [4.78, 5) is 0. The summed E-state index contributed by atoms with van der Waals surface area (Å²) in [5.41, 5.74) is 4.01. The molecule has 0 radical (unpaired) electrons. The van der Waals surface area contributed by atoms with Crippen LogP contribution in [-0.2, 0) is 0 Å². The van der Waals surface area contributed by atoms with E-state index in [0.717, 1.165) is 12.3 Å². The normalized spacial score (nSPS) is 12.2. The molecular formula is C18H23NO. The molecule has 106 valence electrons. The molecule has 2 aromatic rings. The van der Waals surface area contributed by atoms with E-state index in [1.54, 1.807) is 0 Å². The second-order valence-corrected chi connectivity index (χ2v) is 5.20. The Kier molecular flexibility index (Phi) is 5.19. The first-order valence-electron chi connectivity index (χ1n) is 7.15. The second kappa shape index (κ2) is 7.11. The fourth-order valence-electron chi connectivity index (χ4n) is 2.38. The van der Waals surface area contributed by atoms with E-state index in [-0.39, 0.29) is 0 Å². The summed E-state index contributed by atoms with van der Waals surface area (Å²) < 4.78 is 5.68. The molecule has 20 heavy (non-hydrogen) atoms. The van der Waals surface area contributed by atoms with Crippen LogP contribution in [0, 0.1) is 13.8 Å². The third-order valence-corrected chi connectivity index (χ3v) is 3.46. The Morgan fingerprint density at radius 1 is 1.05 bits per heavy atom. The number of hydrogen-bond acceptors (Lipinski definition) is 2. The summed E-state index contributed by atoms with van der Waals surface area (Å²) in [6, 6.07) is 16.9. The smallest absolute Gasteiger partial charge is 0.119 e. The van der Waals surface area contributed by atoms with Crippen LogP contribution in [0.1, 0.15) is 29.7 Å². The van der Waals surface area contributed by atoms with Crippen molar-refractivity contribution >= 4 is 0 Å². The van der Waals surface area contributed by atoms with E-state index in [2.05, 4.69) is 44.3 Å². The van der Waals surface area contributed by atoms with E-state index < -0.39 is 0 Å². The molecule has 0 aliphatic rings. The SMILES string of the molecule is Cc1ccc(C(C)NCCOc2ccccc2)c(C)c1. The van der Waals surface area contributed by atoms with Gasteiger partial charge >= 0.3 is 0 Å². The van der Waals surface area contributed by atoms with Crippen LogP contribution in [0.4, 0.5) is 0 Å². The van der Waals surface area contributed by atoms with E-state index in [1.165, 1.54) is 16.7 Å². The first-order valence-corrected chi connectivity index (χ1v) is 7.15. The van der Waals surface area contributed by atoms with Gasteiger partial charge in [0.15, 0.2) is 0 Å². The first-order chi connectivity index (χ1) is 9.66. The van der Waals surface area contributed by atoms with Crippen LogP contribution in [0.2, 0.25) is 0 Å². The lowest BCUT2D eigenvalue weighted by Crippen LogP contribution is -2.24. The molecule has 0 bridgehead atoms. The van der Waals surface area contributed by atoms with Crippen LogP contribution in [-0.4, -0.2) is 13.2 Å². The molecule has 2 nitrogen and oxygen atoms in total. The van der Waals surface area contributed by atoms with Crippen molar-refractivity contribution in [2.45, 2.75) is 26.8 Å². The molecule has 2 rings (SSSR count). The van der Waals surface area contributed by atoms with E-state index in [1.807, 2.05) is 30.3 Å². The molecule has 0 fully saturated rings. The highest BCUT2D eigenvalue weighted by molar-refractivity contribution is 5.32. The highest BCUT2D eigenvalue weighted by Gasteiger charge is 2.07. The second-order valence-electron chi connectivity index (χ2n) is 5.20. The third-order valence-electron chi connectivity index (χ3n) is 3.46. The average molecular weight is 269 g/mol. The van der Waals surface area contributed by atoms with Gasteiger partial charge in [-0.05, 0) is 44.0 Å². The maximum Gasteiger partial charge on any atom is 0.119 e. The molecule has 0 saturated carbocycles. The molecule has 1 unspecified atom stereocenters. The van der Waals surface area contributed by atoms with Gasteiger partial charge in [0.05, 0.1) is 0 Å². The molecule has 2 heteroatoms. The summed E-state index contributed by atoms with van der Waals surface area (Å²) in [5, 5.41) is 3.50. The number of rotatable bonds is 6. The fraction of sp³-hybridized carbons (Fsp3) is 0.333. The van der Waals surface area contributed by atoms with Crippen molar-refractivity contribution in [1.29, 1.82) is 0 Å². The van der Waals surface area contributed by atoms with Crippen molar-refractivity contribution in [2.75, 3.05) is 13.2 Å². The summed E-state index contributed by atoms with van der Waals surface area (Å²) in [6.07, 6.45) is 0. The van der Waals surface area contributed by atoms with Crippen molar-refractivity contribution in [2.24, 2.45) is 0 Å². The standard InChI is InChI=1S/C18H23NO/c1-14-9-10-18(15(2)13-14)16(3)19-11-12-20-17-7-5-4-6-8-17/h4-10,13,16,19H,11-12H2,1-3H3. The summed E-state index contributed by atoms with van der Waals surface area (Å²) in [5.74, 6) is 0.925. The minimum Gasteiger partial charge on any atom is -0.492 e. The lowest BCUT2D eigenvalue weighted by atomic mass is 10.0. The van der Waals surface area contributed by atoms with Crippen molar-refractivity contribution in [3.63, 3.8) is 0 Å². The predicted molar refractivity (Wildman–Crippen MR) is 84.3 cm³/mol. The maximum absolute atomic E-state index is 5.68. The average Bonchev–Trinajstić information content (AvgIpc) is 2.44. The van der Waals surface area contributed by atoms with Crippen LogP contribution < -0.4 is 10.1 Å². The Morgan fingerprint density at radius 3 is 2.50 bits per heavy atom. The Hall–Kier alpha value is -1.80. The van der Waals surface area contributed by atoms with Gasteiger partial charge in [0, 0.05) is 12.6 Å². The number of aryl methyl sites for hydroxylation is 2. The van der Waals surface area contributed by atoms with Gasteiger partial charge in [-0.2, -0.15) is 0 Å². The van der Waals surface area contributed by atoms with E-state index >= 15 is 0 Å². The van der Waals surface area contributed by atoms with E-state index in [0.29, 0.717) is 12.6 Å². The number of nitrogens with one attached hydrogen (secondary N) is 1. The summed E-state index contributed by atoms with van der Waals surface area (Å²) in [7, 11) is 0.